The molecule has 0 unspecified atom stereocenters. The number of oxime groups is 1. The van der Waals surface area contributed by atoms with Crippen LogP contribution in [-0.2, 0) is 9.63 Å². The number of rotatable bonds is 3. The first-order valence-electron chi connectivity index (χ1n) is 6.51. The molecule has 1 heterocycles. The lowest BCUT2D eigenvalue weighted by Gasteiger charge is -2.16. The quantitative estimate of drug-likeness (QED) is 0.947. The van der Waals surface area contributed by atoms with Gasteiger partial charge in [0.1, 0.15) is 11.6 Å². The second-order valence-corrected chi connectivity index (χ2v) is 5.24. The molecule has 2 aromatic rings. The standard InChI is InChI=1S/C16H13ClN2O2/c17-12-8-6-10(7-9-12)14-13(16(18)20)15(21-19-14)11-4-2-1-3-5-11/h1-9,13,15H,(H2,18,20)/t13-,15+/m0/s1. The molecule has 1 amide bonds. The normalized spacial score (nSPS) is 20.7. The second kappa shape index (κ2) is 5.58. The van der Waals surface area contributed by atoms with Crippen molar-refractivity contribution < 1.29 is 9.63 Å². The molecule has 0 aromatic heterocycles. The predicted octanol–water partition coefficient (Wildman–Crippen LogP) is 2.92. The molecular formula is C16H13ClN2O2. The Bertz CT molecular complexity index is 683. The number of halogens is 1. The largest absolute Gasteiger partial charge is 0.386 e. The van der Waals surface area contributed by atoms with Crippen molar-refractivity contribution in [3.63, 3.8) is 0 Å². The number of carbonyl (C=O) groups is 1. The molecule has 3 rings (SSSR count). The minimum Gasteiger partial charge on any atom is -0.386 e. The van der Waals surface area contributed by atoms with E-state index < -0.39 is 17.9 Å². The highest BCUT2D eigenvalue weighted by molar-refractivity contribution is 6.30. The summed E-state index contributed by atoms with van der Waals surface area (Å²) in [4.78, 5) is 17.3. The molecule has 4 nitrogen and oxygen atoms in total. The molecule has 0 saturated heterocycles. The average Bonchev–Trinajstić information content (AvgIpc) is 2.94. The van der Waals surface area contributed by atoms with Crippen molar-refractivity contribution in [3.8, 4) is 0 Å². The number of amides is 1. The summed E-state index contributed by atoms with van der Waals surface area (Å²) in [7, 11) is 0. The molecule has 2 atom stereocenters. The van der Waals surface area contributed by atoms with Gasteiger partial charge in [0.2, 0.25) is 5.91 Å². The number of nitrogens with two attached hydrogens (primary N) is 1. The van der Waals surface area contributed by atoms with Crippen molar-refractivity contribution >= 4 is 23.2 Å². The van der Waals surface area contributed by atoms with Gasteiger partial charge in [-0.2, -0.15) is 0 Å². The Morgan fingerprint density at radius 1 is 1.10 bits per heavy atom. The molecule has 0 saturated carbocycles. The van der Waals surface area contributed by atoms with E-state index in [1.807, 2.05) is 30.3 Å². The average molecular weight is 301 g/mol. The highest BCUT2D eigenvalue weighted by Crippen LogP contribution is 2.35. The third-order valence-electron chi connectivity index (χ3n) is 3.44. The monoisotopic (exact) mass is 300 g/mol. The Labute approximate surface area is 127 Å². The van der Waals surface area contributed by atoms with E-state index in [2.05, 4.69) is 5.16 Å². The lowest BCUT2D eigenvalue weighted by atomic mass is 9.88. The molecule has 1 aliphatic rings. The van der Waals surface area contributed by atoms with Crippen LogP contribution >= 0.6 is 11.6 Å². The van der Waals surface area contributed by atoms with Gasteiger partial charge in [0.15, 0.2) is 6.10 Å². The summed E-state index contributed by atoms with van der Waals surface area (Å²) >= 11 is 5.88. The number of hydrogen-bond acceptors (Lipinski definition) is 3. The van der Waals surface area contributed by atoms with Crippen LogP contribution in [0, 0.1) is 5.92 Å². The first-order chi connectivity index (χ1) is 10.2. The van der Waals surface area contributed by atoms with Gasteiger partial charge < -0.3 is 10.6 Å². The van der Waals surface area contributed by atoms with Gasteiger partial charge in [-0.1, -0.05) is 59.2 Å². The van der Waals surface area contributed by atoms with E-state index in [9.17, 15) is 4.79 Å². The molecule has 1 aliphatic heterocycles. The van der Waals surface area contributed by atoms with E-state index in [-0.39, 0.29) is 0 Å². The Morgan fingerprint density at radius 3 is 2.38 bits per heavy atom. The number of nitrogens with zero attached hydrogens (tertiary/aromatic N) is 1. The number of hydrogen-bond donors (Lipinski definition) is 1. The van der Waals surface area contributed by atoms with E-state index >= 15 is 0 Å². The van der Waals surface area contributed by atoms with Crippen molar-refractivity contribution in [3.05, 3.63) is 70.7 Å². The Morgan fingerprint density at radius 2 is 1.76 bits per heavy atom. The summed E-state index contributed by atoms with van der Waals surface area (Å²) in [6, 6.07) is 16.5. The minimum atomic E-state index is -0.617. The van der Waals surface area contributed by atoms with Crippen LogP contribution < -0.4 is 5.73 Å². The fourth-order valence-electron chi connectivity index (χ4n) is 2.41. The molecule has 21 heavy (non-hydrogen) atoms. The van der Waals surface area contributed by atoms with Gasteiger partial charge in [-0.25, -0.2) is 0 Å². The smallest absolute Gasteiger partial charge is 0.230 e. The number of benzene rings is 2. The van der Waals surface area contributed by atoms with E-state index in [0.29, 0.717) is 10.7 Å². The van der Waals surface area contributed by atoms with E-state index in [0.717, 1.165) is 11.1 Å². The molecular weight excluding hydrogens is 288 g/mol. The highest BCUT2D eigenvalue weighted by Gasteiger charge is 2.40. The third kappa shape index (κ3) is 2.62. The Hall–Kier alpha value is -2.33. The van der Waals surface area contributed by atoms with E-state index in [1.165, 1.54) is 0 Å². The van der Waals surface area contributed by atoms with Crippen LogP contribution in [0.25, 0.3) is 0 Å². The first-order valence-corrected chi connectivity index (χ1v) is 6.88. The van der Waals surface area contributed by atoms with Gasteiger partial charge >= 0.3 is 0 Å². The molecule has 2 aromatic carbocycles. The van der Waals surface area contributed by atoms with Crippen LogP contribution in [-0.4, -0.2) is 11.6 Å². The summed E-state index contributed by atoms with van der Waals surface area (Å²) in [5.74, 6) is -1.08. The van der Waals surface area contributed by atoms with Crippen LogP contribution in [0.4, 0.5) is 0 Å². The predicted molar refractivity (Wildman–Crippen MR) is 80.9 cm³/mol. The molecule has 0 radical (unpaired) electrons. The molecule has 5 heteroatoms. The van der Waals surface area contributed by atoms with Crippen LogP contribution in [0.15, 0.2) is 59.8 Å². The number of primary amides is 1. The zero-order chi connectivity index (χ0) is 14.8. The molecule has 106 valence electrons. The van der Waals surface area contributed by atoms with E-state index in [1.54, 1.807) is 24.3 Å². The summed E-state index contributed by atoms with van der Waals surface area (Å²) in [6.07, 6.45) is -0.491. The molecule has 0 bridgehead atoms. The lowest BCUT2D eigenvalue weighted by molar-refractivity contribution is -0.122. The molecule has 0 fully saturated rings. The zero-order valence-electron chi connectivity index (χ0n) is 11.1. The van der Waals surface area contributed by atoms with Crippen LogP contribution in [0.3, 0.4) is 0 Å². The summed E-state index contributed by atoms with van der Waals surface area (Å²) < 4.78 is 0. The lowest BCUT2D eigenvalue weighted by Crippen LogP contribution is -2.32. The summed E-state index contributed by atoms with van der Waals surface area (Å²) in [5.41, 5.74) is 7.74. The summed E-state index contributed by atoms with van der Waals surface area (Å²) in [5, 5.41) is 4.69. The Balaban J connectivity index is 1.96. The summed E-state index contributed by atoms with van der Waals surface area (Å²) in [6.45, 7) is 0. The SMILES string of the molecule is NC(=O)[C@H]1C(c2ccc(Cl)cc2)=NO[C@@H]1c1ccccc1. The van der Waals surface area contributed by atoms with Gasteiger partial charge in [0, 0.05) is 10.6 Å². The van der Waals surface area contributed by atoms with Crippen molar-refractivity contribution in [2.75, 3.05) is 0 Å². The first kappa shape index (κ1) is 13.6. The second-order valence-electron chi connectivity index (χ2n) is 4.80. The molecule has 2 N–H and O–H groups in total. The highest BCUT2D eigenvalue weighted by atomic mass is 35.5. The maximum absolute atomic E-state index is 11.9. The fourth-order valence-corrected chi connectivity index (χ4v) is 2.53. The van der Waals surface area contributed by atoms with E-state index in [4.69, 9.17) is 22.2 Å². The van der Waals surface area contributed by atoms with Gasteiger partial charge in [0.25, 0.3) is 0 Å². The van der Waals surface area contributed by atoms with Crippen LogP contribution in [0.5, 0.6) is 0 Å². The topological polar surface area (TPSA) is 64.7 Å². The van der Waals surface area contributed by atoms with Gasteiger partial charge in [0.05, 0.1) is 0 Å². The van der Waals surface area contributed by atoms with Crippen molar-refractivity contribution in [2.24, 2.45) is 16.8 Å². The van der Waals surface area contributed by atoms with Crippen molar-refractivity contribution in [2.45, 2.75) is 6.10 Å². The van der Waals surface area contributed by atoms with Crippen LogP contribution in [0.1, 0.15) is 17.2 Å². The van der Waals surface area contributed by atoms with Gasteiger partial charge in [-0.05, 0) is 17.7 Å². The van der Waals surface area contributed by atoms with Gasteiger partial charge in [-0.3, -0.25) is 4.79 Å². The fraction of sp³-hybridized carbons (Fsp3) is 0.125. The molecule has 0 aliphatic carbocycles. The minimum absolute atomic E-state index is 0.463. The number of carbonyl (C=O) groups excluding carboxylic acids is 1. The zero-order valence-corrected chi connectivity index (χ0v) is 11.8. The van der Waals surface area contributed by atoms with Crippen LogP contribution in [0.2, 0.25) is 5.02 Å². The maximum Gasteiger partial charge on any atom is 0.230 e. The van der Waals surface area contributed by atoms with Crippen molar-refractivity contribution in [1.82, 2.24) is 0 Å². The third-order valence-corrected chi connectivity index (χ3v) is 3.69. The Kier molecular flexibility index (Phi) is 3.62. The maximum atomic E-state index is 11.9. The van der Waals surface area contributed by atoms with Gasteiger partial charge in [-0.15, -0.1) is 0 Å². The van der Waals surface area contributed by atoms with Crippen molar-refractivity contribution in [1.29, 1.82) is 0 Å². The molecule has 0 spiro atoms.